The zero-order valence-corrected chi connectivity index (χ0v) is 9.21. The highest BCUT2D eigenvalue weighted by atomic mass is 16.3. The van der Waals surface area contributed by atoms with Gasteiger partial charge >= 0.3 is 0 Å². The maximum absolute atomic E-state index is 8.93. The Balaban J connectivity index is 2.26. The van der Waals surface area contributed by atoms with Crippen molar-refractivity contribution in [2.24, 2.45) is 10.7 Å². The van der Waals surface area contributed by atoms with Gasteiger partial charge in [0, 0.05) is 24.9 Å². The highest BCUT2D eigenvalue weighted by Gasteiger charge is 2.15. The molecule has 0 saturated carbocycles. The Hall–Kier alpha value is -1.39. The lowest BCUT2D eigenvalue weighted by molar-refractivity contribution is 0.276. The van der Waals surface area contributed by atoms with E-state index in [9.17, 15) is 0 Å². The second-order valence-corrected chi connectivity index (χ2v) is 3.89. The Labute approximate surface area is 95.4 Å². The third-order valence-electron chi connectivity index (χ3n) is 2.78. The van der Waals surface area contributed by atoms with Crippen LogP contribution < -0.4 is 10.6 Å². The minimum Gasteiger partial charge on any atom is -0.396 e. The molecule has 0 fully saturated rings. The van der Waals surface area contributed by atoms with E-state index in [1.807, 2.05) is 30.6 Å². The summed E-state index contributed by atoms with van der Waals surface area (Å²) in [7, 11) is 0. The van der Waals surface area contributed by atoms with E-state index in [0.29, 0.717) is 6.42 Å². The number of para-hydroxylation sites is 1. The number of hydrogen-bond acceptors (Lipinski definition) is 4. The molecule has 16 heavy (non-hydrogen) atoms. The smallest absolute Gasteiger partial charge is 0.0895 e. The lowest BCUT2D eigenvalue weighted by Gasteiger charge is -2.21. The van der Waals surface area contributed by atoms with Crippen LogP contribution >= 0.6 is 0 Å². The van der Waals surface area contributed by atoms with Crippen molar-refractivity contribution in [3.63, 3.8) is 0 Å². The first-order chi connectivity index (χ1) is 7.83. The van der Waals surface area contributed by atoms with Gasteiger partial charge in [0.2, 0.25) is 0 Å². The molecule has 0 bridgehead atoms. The fourth-order valence-electron chi connectivity index (χ4n) is 1.92. The Morgan fingerprint density at radius 2 is 2.25 bits per heavy atom. The van der Waals surface area contributed by atoms with Crippen molar-refractivity contribution in [2.45, 2.75) is 12.5 Å². The molecule has 2 rings (SSSR count). The van der Waals surface area contributed by atoms with E-state index in [1.165, 1.54) is 0 Å². The molecule has 4 heteroatoms. The predicted octanol–water partition coefficient (Wildman–Crippen LogP) is 0.917. The summed E-state index contributed by atoms with van der Waals surface area (Å²) < 4.78 is 0. The standard InChI is InChI=1S/C12H17N3O/c13-11(5-8-16)10-3-1-2-4-12(10)15-7-6-14-9-15/h1-4,9,11,16H,5-8,13H2. The number of rotatable bonds is 4. The van der Waals surface area contributed by atoms with Crippen LogP contribution in [0.2, 0.25) is 0 Å². The molecule has 1 aromatic rings. The van der Waals surface area contributed by atoms with Gasteiger partial charge in [0.1, 0.15) is 0 Å². The van der Waals surface area contributed by atoms with Crippen LogP contribution in [0, 0.1) is 0 Å². The van der Waals surface area contributed by atoms with E-state index in [0.717, 1.165) is 24.3 Å². The van der Waals surface area contributed by atoms with Crippen LogP contribution in [-0.4, -0.2) is 31.1 Å². The molecule has 1 unspecified atom stereocenters. The van der Waals surface area contributed by atoms with E-state index in [4.69, 9.17) is 10.8 Å². The molecular formula is C12H17N3O. The van der Waals surface area contributed by atoms with Gasteiger partial charge in [0.05, 0.1) is 12.9 Å². The normalized spacial score (nSPS) is 16.8. The monoisotopic (exact) mass is 219 g/mol. The second-order valence-electron chi connectivity index (χ2n) is 3.89. The van der Waals surface area contributed by atoms with Crippen molar-refractivity contribution in [2.75, 3.05) is 24.6 Å². The molecule has 1 aromatic carbocycles. The number of anilines is 1. The van der Waals surface area contributed by atoms with Crippen molar-refractivity contribution in [3.05, 3.63) is 29.8 Å². The quantitative estimate of drug-likeness (QED) is 0.791. The van der Waals surface area contributed by atoms with Crippen molar-refractivity contribution < 1.29 is 5.11 Å². The first kappa shape index (κ1) is 11.1. The Morgan fingerprint density at radius 3 is 2.94 bits per heavy atom. The maximum atomic E-state index is 8.93. The number of nitrogens with zero attached hydrogens (tertiary/aromatic N) is 2. The third-order valence-corrected chi connectivity index (χ3v) is 2.78. The first-order valence-corrected chi connectivity index (χ1v) is 5.55. The molecule has 4 nitrogen and oxygen atoms in total. The van der Waals surface area contributed by atoms with Crippen molar-refractivity contribution in [1.29, 1.82) is 0 Å². The van der Waals surface area contributed by atoms with E-state index in [2.05, 4.69) is 9.89 Å². The summed E-state index contributed by atoms with van der Waals surface area (Å²) in [5.41, 5.74) is 8.22. The molecule has 86 valence electrons. The molecule has 1 aliphatic heterocycles. The van der Waals surface area contributed by atoms with E-state index >= 15 is 0 Å². The molecule has 0 spiro atoms. The summed E-state index contributed by atoms with van der Waals surface area (Å²) in [6.45, 7) is 1.86. The summed E-state index contributed by atoms with van der Waals surface area (Å²) >= 11 is 0. The average molecular weight is 219 g/mol. The van der Waals surface area contributed by atoms with Gasteiger partial charge in [-0.2, -0.15) is 0 Å². The SMILES string of the molecule is NC(CCO)c1ccccc1N1C=NCC1. The van der Waals surface area contributed by atoms with Gasteiger partial charge in [0.15, 0.2) is 0 Å². The second kappa shape index (κ2) is 5.09. The van der Waals surface area contributed by atoms with E-state index in [1.54, 1.807) is 0 Å². The number of aliphatic imine (C=N–C) groups is 1. The van der Waals surface area contributed by atoms with Gasteiger partial charge < -0.3 is 15.7 Å². The van der Waals surface area contributed by atoms with Crippen LogP contribution in [0.5, 0.6) is 0 Å². The molecule has 1 aliphatic rings. The summed E-state index contributed by atoms with van der Waals surface area (Å²) in [5.74, 6) is 0. The Kier molecular flexibility index (Phi) is 3.54. The largest absolute Gasteiger partial charge is 0.396 e. The zero-order chi connectivity index (χ0) is 11.4. The highest BCUT2D eigenvalue weighted by molar-refractivity contribution is 5.82. The van der Waals surface area contributed by atoms with Gasteiger partial charge in [-0.1, -0.05) is 18.2 Å². The number of hydrogen-bond donors (Lipinski definition) is 2. The van der Waals surface area contributed by atoms with Crippen LogP contribution in [0.25, 0.3) is 0 Å². The Morgan fingerprint density at radius 1 is 1.44 bits per heavy atom. The number of nitrogens with two attached hydrogens (primary N) is 1. The summed E-state index contributed by atoms with van der Waals surface area (Å²) in [6, 6.07) is 7.92. The van der Waals surface area contributed by atoms with Crippen molar-refractivity contribution >= 4 is 12.0 Å². The fraction of sp³-hybridized carbons (Fsp3) is 0.417. The van der Waals surface area contributed by atoms with Gasteiger partial charge in [0.25, 0.3) is 0 Å². The van der Waals surface area contributed by atoms with Crippen molar-refractivity contribution in [3.8, 4) is 0 Å². The number of aliphatic hydroxyl groups is 1. The zero-order valence-electron chi connectivity index (χ0n) is 9.21. The van der Waals surface area contributed by atoms with Crippen LogP contribution in [0.3, 0.4) is 0 Å². The number of benzene rings is 1. The minimum absolute atomic E-state index is 0.115. The molecule has 0 aliphatic carbocycles. The van der Waals surface area contributed by atoms with Crippen LogP contribution in [-0.2, 0) is 0 Å². The van der Waals surface area contributed by atoms with Gasteiger partial charge in [-0.15, -0.1) is 0 Å². The molecule has 3 N–H and O–H groups in total. The summed E-state index contributed by atoms with van der Waals surface area (Å²) in [5, 5.41) is 8.93. The Bertz CT molecular complexity index is 378. The van der Waals surface area contributed by atoms with E-state index < -0.39 is 0 Å². The molecular weight excluding hydrogens is 202 g/mol. The van der Waals surface area contributed by atoms with Crippen LogP contribution in [0.4, 0.5) is 5.69 Å². The van der Waals surface area contributed by atoms with Crippen LogP contribution in [0.1, 0.15) is 18.0 Å². The molecule has 0 aromatic heterocycles. The highest BCUT2D eigenvalue weighted by Crippen LogP contribution is 2.26. The van der Waals surface area contributed by atoms with Crippen molar-refractivity contribution in [1.82, 2.24) is 0 Å². The predicted molar refractivity (Wildman–Crippen MR) is 65.8 cm³/mol. The molecule has 0 radical (unpaired) electrons. The number of aliphatic hydroxyl groups excluding tert-OH is 1. The van der Waals surface area contributed by atoms with Gasteiger partial charge in [-0.05, 0) is 18.1 Å². The minimum atomic E-state index is -0.116. The van der Waals surface area contributed by atoms with Crippen LogP contribution in [0.15, 0.2) is 29.3 Å². The van der Waals surface area contributed by atoms with E-state index in [-0.39, 0.29) is 12.6 Å². The topological polar surface area (TPSA) is 61.9 Å². The average Bonchev–Trinajstić information content (AvgIpc) is 2.83. The summed E-state index contributed by atoms with van der Waals surface area (Å²) in [4.78, 5) is 6.30. The maximum Gasteiger partial charge on any atom is 0.0895 e. The molecule has 0 amide bonds. The lowest BCUT2D eigenvalue weighted by Crippen LogP contribution is -2.22. The molecule has 1 atom stereocenters. The van der Waals surface area contributed by atoms with Gasteiger partial charge in [-0.3, -0.25) is 4.99 Å². The fourth-order valence-corrected chi connectivity index (χ4v) is 1.92. The molecule has 1 heterocycles. The summed E-state index contributed by atoms with van der Waals surface area (Å²) in [6.07, 6.45) is 2.44. The first-order valence-electron chi connectivity index (χ1n) is 5.55. The molecule has 0 saturated heterocycles. The third kappa shape index (κ3) is 2.23. The van der Waals surface area contributed by atoms with Gasteiger partial charge in [-0.25, -0.2) is 0 Å². The lowest BCUT2D eigenvalue weighted by atomic mass is 10.0.